The summed E-state index contributed by atoms with van der Waals surface area (Å²) in [5.74, 6) is 0.960. The van der Waals surface area contributed by atoms with Gasteiger partial charge < -0.3 is 5.32 Å². The van der Waals surface area contributed by atoms with E-state index in [-0.39, 0.29) is 5.91 Å². The van der Waals surface area contributed by atoms with Gasteiger partial charge >= 0.3 is 0 Å². The van der Waals surface area contributed by atoms with E-state index in [2.05, 4.69) is 25.5 Å². The van der Waals surface area contributed by atoms with Crippen molar-refractivity contribution in [2.75, 3.05) is 5.32 Å². The number of anilines is 1. The van der Waals surface area contributed by atoms with E-state index in [1.54, 1.807) is 12.4 Å². The molecule has 0 saturated carbocycles. The second kappa shape index (κ2) is 6.10. The van der Waals surface area contributed by atoms with Gasteiger partial charge in [0.1, 0.15) is 24.4 Å². The normalized spacial score (nSPS) is 12.6. The van der Waals surface area contributed by atoms with Gasteiger partial charge in [-0.05, 0) is 18.2 Å². The average molecular weight is 353 g/mol. The zero-order valence-corrected chi connectivity index (χ0v) is 14.0. The quantitative estimate of drug-likeness (QED) is 0.768. The van der Waals surface area contributed by atoms with E-state index < -0.39 is 0 Å². The summed E-state index contributed by atoms with van der Waals surface area (Å²) in [4.78, 5) is 20.6. The van der Waals surface area contributed by atoms with Crippen LogP contribution in [0.1, 0.15) is 24.0 Å². The van der Waals surface area contributed by atoms with Crippen molar-refractivity contribution in [1.29, 1.82) is 0 Å². The summed E-state index contributed by atoms with van der Waals surface area (Å²) in [6.45, 7) is 1.79. The molecule has 1 aliphatic rings. The van der Waals surface area contributed by atoms with Gasteiger partial charge in [-0.1, -0.05) is 29.8 Å². The van der Waals surface area contributed by atoms with Crippen LogP contribution in [-0.4, -0.2) is 31.4 Å². The highest BCUT2D eigenvalue weighted by molar-refractivity contribution is 6.35. The zero-order chi connectivity index (χ0) is 17.4. The molecule has 8 heteroatoms. The number of aliphatic imine (C=N–C) groups is 1. The minimum absolute atomic E-state index is 0.192. The maximum atomic E-state index is 11.4. The Kier molecular flexibility index (Phi) is 3.77. The second-order valence-corrected chi connectivity index (χ2v) is 5.91. The van der Waals surface area contributed by atoms with Gasteiger partial charge in [0.2, 0.25) is 5.91 Å². The molecule has 0 saturated heterocycles. The van der Waals surface area contributed by atoms with Crippen molar-refractivity contribution in [3.8, 4) is 5.69 Å². The maximum Gasteiger partial charge on any atom is 0.222 e. The Hall–Kier alpha value is -3.06. The molecule has 124 valence electrons. The molecule has 4 rings (SSSR count). The molecule has 1 N–H and O–H groups in total. The summed E-state index contributed by atoms with van der Waals surface area (Å²) in [6.07, 6.45) is 1.62. The first-order valence-corrected chi connectivity index (χ1v) is 7.99. The van der Waals surface area contributed by atoms with E-state index in [0.717, 1.165) is 11.3 Å². The fourth-order valence-corrected chi connectivity index (χ4v) is 2.95. The summed E-state index contributed by atoms with van der Waals surface area (Å²) < 4.78 is 1.84. The number of benzene rings is 1. The first kappa shape index (κ1) is 15.5. The molecule has 7 nitrogen and oxygen atoms in total. The monoisotopic (exact) mass is 352 g/mol. The van der Waals surface area contributed by atoms with E-state index in [0.29, 0.717) is 34.6 Å². The molecule has 3 aromatic rings. The number of aromatic nitrogens is 4. The largest absolute Gasteiger partial charge is 0.311 e. The average Bonchev–Trinajstić information content (AvgIpc) is 2.99. The Morgan fingerprint density at radius 3 is 2.88 bits per heavy atom. The first-order valence-electron chi connectivity index (χ1n) is 7.61. The van der Waals surface area contributed by atoms with Crippen LogP contribution in [-0.2, 0) is 11.3 Å². The lowest BCUT2D eigenvalue weighted by Crippen LogP contribution is -2.14. The topological polar surface area (TPSA) is 85.1 Å². The number of amides is 1. The van der Waals surface area contributed by atoms with Gasteiger partial charge in [0.15, 0.2) is 5.82 Å². The number of nitrogens with zero attached hydrogens (tertiary/aromatic N) is 5. The van der Waals surface area contributed by atoms with Crippen molar-refractivity contribution in [1.82, 2.24) is 19.7 Å². The summed E-state index contributed by atoms with van der Waals surface area (Å²) >= 11 is 6.37. The van der Waals surface area contributed by atoms with Crippen LogP contribution in [0.15, 0.2) is 47.7 Å². The van der Waals surface area contributed by atoms with Crippen LogP contribution in [0.3, 0.4) is 0 Å². The van der Waals surface area contributed by atoms with Gasteiger partial charge in [-0.3, -0.25) is 14.4 Å². The summed E-state index contributed by atoms with van der Waals surface area (Å²) in [7, 11) is 0. The maximum absolute atomic E-state index is 11.4. The minimum Gasteiger partial charge on any atom is -0.311 e. The third-order valence-electron chi connectivity index (χ3n) is 3.79. The van der Waals surface area contributed by atoms with E-state index in [1.165, 1.54) is 6.92 Å². The van der Waals surface area contributed by atoms with Crippen LogP contribution in [0.4, 0.5) is 5.82 Å². The Balaban J connectivity index is 1.95. The fraction of sp³-hybridized carbons (Fsp3) is 0.118. The number of pyridine rings is 1. The molecule has 1 aromatic carbocycles. The van der Waals surface area contributed by atoms with Crippen molar-refractivity contribution in [3.63, 3.8) is 0 Å². The third kappa shape index (κ3) is 2.78. The Morgan fingerprint density at radius 1 is 1.24 bits per heavy atom. The van der Waals surface area contributed by atoms with Crippen molar-refractivity contribution in [2.45, 2.75) is 13.5 Å². The molecule has 0 fully saturated rings. The van der Waals surface area contributed by atoms with E-state index in [9.17, 15) is 4.79 Å². The molecule has 0 unspecified atom stereocenters. The van der Waals surface area contributed by atoms with Crippen LogP contribution in [0.2, 0.25) is 5.02 Å². The molecule has 0 atom stereocenters. The highest BCUT2D eigenvalue weighted by atomic mass is 35.5. The minimum atomic E-state index is -0.192. The molecule has 1 amide bonds. The van der Waals surface area contributed by atoms with Crippen LogP contribution in [0.5, 0.6) is 0 Å². The van der Waals surface area contributed by atoms with Crippen LogP contribution in [0.25, 0.3) is 5.69 Å². The van der Waals surface area contributed by atoms with Gasteiger partial charge in [-0.2, -0.15) is 0 Å². The van der Waals surface area contributed by atoms with Gasteiger partial charge in [0, 0.05) is 12.5 Å². The molecule has 0 aliphatic carbocycles. The number of rotatable bonds is 2. The molecule has 3 heterocycles. The van der Waals surface area contributed by atoms with Gasteiger partial charge in [-0.25, -0.2) is 4.98 Å². The molecular formula is C17H13ClN6O. The number of carbonyl (C=O) groups excluding carboxylic acids is 1. The van der Waals surface area contributed by atoms with Gasteiger partial charge in [0.05, 0.1) is 16.4 Å². The molecular weight excluding hydrogens is 340 g/mol. The first-order chi connectivity index (χ1) is 12.1. The van der Waals surface area contributed by atoms with E-state index in [4.69, 9.17) is 11.6 Å². The fourth-order valence-electron chi connectivity index (χ4n) is 2.73. The van der Waals surface area contributed by atoms with Crippen LogP contribution in [0, 0.1) is 0 Å². The van der Waals surface area contributed by atoms with Crippen molar-refractivity contribution < 1.29 is 4.79 Å². The van der Waals surface area contributed by atoms with Crippen LogP contribution >= 0.6 is 11.6 Å². The highest BCUT2D eigenvalue weighted by Crippen LogP contribution is 2.27. The van der Waals surface area contributed by atoms with Gasteiger partial charge in [-0.15, -0.1) is 10.2 Å². The zero-order valence-electron chi connectivity index (χ0n) is 13.3. The Morgan fingerprint density at radius 2 is 2.08 bits per heavy atom. The summed E-state index contributed by atoms with van der Waals surface area (Å²) in [6, 6.07) is 11.1. The Bertz CT molecular complexity index is 1010. The molecule has 0 radical (unpaired) electrons. The lowest BCUT2D eigenvalue weighted by atomic mass is 10.1. The van der Waals surface area contributed by atoms with Crippen LogP contribution < -0.4 is 5.32 Å². The molecule has 1 aliphatic heterocycles. The SMILES string of the molecule is CC(=O)Nc1ccc2c(n1)C(c1ccccc1Cl)=NCc1nncn1-2. The number of carbonyl (C=O) groups is 1. The van der Waals surface area contributed by atoms with Crippen molar-refractivity contribution in [3.05, 3.63) is 64.8 Å². The molecule has 25 heavy (non-hydrogen) atoms. The summed E-state index contributed by atoms with van der Waals surface area (Å²) in [5, 5.41) is 11.3. The summed E-state index contributed by atoms with van der Waals surface area (Å²) in [5.41, 5.74) is 2.82. The van der Waals surface area contributed by atoms with Gasteiger partial charge in [0.25, 0.3) is 0 Å². The second-order valence-electron chi connectivity index (χ2n) is 5.51. The van der Waals surface area contributed by atoms with Crippen molar-refractivity contribution in [2.24, 2.45) is 4.99 Å². The highest BCUT2D eigenvalue weighted by Gasteiger charge is 2.23. The predicted octanol–water partition coefficient (Wildman–Crippen LogP) is 2.63. The van der Waals surface area contributed by atoms with Crippen molar-refractivity contribution >= 4 is 29.0 Å². The lowest BCUT2D eigenvalue weighted by molar-refractivity contribution is -0.114. The number of halogens is 1. The lowest BCUT2D eigenvalue weighted by Gasteiger charge is -2.13. The molecule has 0 spiro atoms. The third-order valence-corrected chi connectivity index (χ3v) is 4.12. The number of hydrogen-bond donors (Lipinski definition) is 1. The molecule has 2 aromatic heterocycles. The number of nitrogens with one attached hydrogen (secondary N) is 1. The standard InChI is InChI=1S/C17H13ClN6O/c1-10(25)21-14-7-6-13-17(22-14)16(11-4-2-3-5-12(11)18)19-8-15-23-20-9-24(13)15/h2-7,9H,8H2,1H3,(H,21,22,25). The molecule has 0 bridgehead atoms. The Labute approximate surface area is 148 Å². The van der Waals surface area contributed by atoms with E-state index >= 15 is 0 Å². The smallest absolute Gasteiger partial charge is 0.222 e. The number of fused-ring (bicyclic) bond motifs is 3. The van der Waals surface area contributed by atoms with E-state index in [1.807, 2.05) is 34.9 Å². The predicted molar refractivity (Wildman–Crippen MR) is 94.3 cm³/mol. The number of hydrogen-bond acceptors (Lipinski definition) is 5.